The van der Waals surface area contributed by atoms with E-state index < -0.39 is 0 Å². The molecular formula is C8H8N4S. The Labute approximate surface area is 79.8 Å². The lowest BCUT2D eigenvalue weighted by atomic mass is 10.5. The average Bonchev–Trinajstić information content (AvgIpc) is 2.71. The van der Waals surface area contributed by atoms with E-state index in [1.807, 2.05) is 12.3 Å². The van der Waals surface area contributed by atoms with E-state index in [0.717, 1.165) is 5.03 Å². The smallest absolute Gasteiger partial charge is 0.196 e. The highest BCUT2D eigenvalue weighted by Gasteiger charge is 2.02. The second-order valence-electron chi connectivity index (χ2n) is 2.36. The minimum Gasteiger partial charge on any atom is -0.342 e. The molecule has 0 aliphatic heterocycles. The fraction of sp³-hybridized carbons (Fsp3) is 0.125. The standard InChI is InChI=1S/C8H8N4S/c1-13-6-2-3-9-8(12-6)7-10-4-5-11-7/h2-5H,1H3,(H,10,11). The number of hydrogen-bond donors (Lipinski definition) is 1. The van der Waals surface area contributed by atoms with Crippen LogP contribution in [0.5, 0.6) is 0 Å². The SMILES string of the molecule is CSc1ccnc(-c2ncc[nH]2)n1. The molecule has 2 aromatic rings. The summed E-state index contributed by atoms with van der Waals surface area (Å²) in [4.78, 5) is 15.4. The van der Waals surface area contributed by atoms with Crippen LogP contribution in [0.3, 0.4) is 0 Å². The van der Waals surface area contributed by atoms with Gasteiger partial charge in [-0.3, -0.25) is 0 Å². The van der Waals surface area contributed by atoms with Crippen LogP contribution in [-0.2, 0) is 0 Å². The van der Waals surface area contributed by atoms with Crippen LogP contribution in [0.1, 0.15) is 0 Å². The number of nitrogens with one attached hydrogen (secondary N) is 1. The van der Waals surface area contributed by atoms with E-state index in [9.17, 15) is 0 Å². The van der Waals surface area contributed by atoms with Gasteiger partial charge in [0.1, 0.15) is 0 Å². The zero-order valence-electron chi connectivity index (χ0n) is 7.06. The molecule has 0 radical (unpaired) electrons. The molecule has 1 N–H and O–H groups in total. The molecule has 0 atom stereocenters. The van der Waals surface area contributed by atoms with E-state index >= 15 is 0 Å². The topological polar surface area (TPSA) is 54.5 Å². The highest BCUT2D eigenvalue weighted by molar-refractivity contribution is 7.98. The van der Waals surface area contributed by atoms with E-state index in [-0.39, 0.29) is 0 Å². The number of aromatic amines is 1. The predicted octanol–water partition coefficient (Wildman–Crippen LogP) is 1.59. The summed E-state index contributed by atoms with van der Waals surface area (Å²) in [5, 5.41) is 0.946. The first kappa shape index (κ1) is 8.25. The maximum atomic E-state index is 4.29. The van der Waals surface area contributed by atoms with Gasteiger partial charge in [-0.2, -0.15) is 0 Å². The van der Waals surface area contributed by atoms with E-state index in [1.165, 1.54) is 0 Å². The normalized spacial score (nSPS) is 10.2. The summed E-state index contributed by atoms with van der Waals surface area (Å²) in [6.45, 7) is 0. The molecule has 2 rings (SSSR count). The van der Waals surface area contributed by atoms with Crippen LogP contribution in [0.4, 0.5) is 0 Å². The van der Waals surface area contributed by atoms with Crippen LogP contribution < -0.4 is 0 Å². The molecule has 0 amide bonds. The number of imidazole rings is 1. The average molecular weight is 192 g/mol. The number of H-pyrrole nitrogens is 1. The van der Waals surface area contributed by atoms with Crippen molar-refractivity contribution < 1.29 is 0 Å². The van der Waals surface area contributed by atoms with Crippen LogP contribution in [0, 0.1) is 0 Å². The maximum absolute atomic E-state index is 4.29. The summed E-state index contributed by atoms with van der Waals surface area (Å²) < 4.78 is 0. The van der Waals surface area contributed by atoms with Gasteiger partial charge in [-0.05, 0) is 12.3 Å². The van der Waals surface area contributed by atoms with Crippen LogP contribution in [-0.4, -0.2) is 26.2 Å². The number of thioether (sulfide) groups is 1. The summed E-state index contributed by atoms with van der Waals surface area (Å²) in [6.07, 6.45) is 7.15. The number of hydrogen-bond acceptors (Lipinski definition) is 4. The third kappa shape index (κ3) is 1.70. The second-order valence-corrected chi connectivity index (χ2v) is 3.19. The van der Waals surface area contributed by atoms with Crippen molar-refractivity contribution >= 4 is 11.8 Å². The summed E-state index contributed by atoms with van der Waals surface area (Å²) in [5.41, 5.74) is 0. The van der Waals surface area contributed by atoms with Crippen molar-refractivity contribution in [2.75, 3.05) is 6.26 Å². The molecule has 0 spiro atoms. The van der Waals surface area contributed by atoms with Crippen molar-refractivity contribution in [3.63, 3.8) is 0 Å². The molecule has 0 aromatic carbocycles. The van der Waals surface area contributed by atoms with Crippen molar-refractivity contribution in [3.05, 3.63) is 24.7 Å². The van der Waals surface area contributed by atoms with Gasteiger partial charge in [0.05, 0.1) is 5.03 Å². The van der Waals surface area contributed by atoms with Gasteiger partial charge in [-0.1, -0.05) is 0 Å². The summed E-state index contributed by atoms with van der Waals surface area (Å²) in [5.74, 6) is 1.34. The Morgan fingerprint density at radius 3 is 2.92 bits per heavy atom. The zero-order valence-corrected chi connectivity index (χ0v) is 7.88. The third-order valence-corrected chi connectivity index (χ3v) is 2.19. The molecule has 5 heteroatoms. The van der Waals surface area contributed by atoms with Crippen LogP contribution in [0.25, 0.3) is 11.6 Å². The molecule has 0 unspecified atom stereocenters. The molecule has 0 bridgehead atoms. The monoisotopic (exact) mass is 192 g/mol. The number of aromatic nitrogens is 4. The van der Waals surface area contributed by atoms with Crippen LogP contribution >= 0.6 is 11.8 Å². The molecule has 0 fully saturated rings. The first-order valence-electron chi connectivity index (χ1n) is 3.77. The molecule has 0 saturated carbocycles. The highest BCUT2D eigenvalue weighted by atomic mass is 32.2. The quantitative estimate of drug-likeness (QED) is 0.580. The van der Waals surface area contributed by atoms with Crippen molar-refractivity contribution in [2.45, 2.75) is 5.03 Å². The van der Waals surface area contributed by atoms with Gasteiger partial charge in [0, 0.05) is 18.6 Å². The lowest BCUT2D eigenvalue weighted by Crippen LogP contribution is -1.90. The molecule has 2 aromatic heterocycles. The highest BCUT2D eigenvalue weighted by Crippen LogP contribution is 2.14. The van der Waals surface area contributed by atoms with E-state index in [1.54, 1.807) is 30.4 Å². The van der Waals surface area contributed by atoms with Gasteiger partial charge >= 0.3 is 0 Å². The van der Waals surface area contributed by atoms with E-state index in [4.69, 9.17) is 0 Å². The predicted molar refractivity (Wildman–Crippen MR) is 51.4 cm³/mol. The van der Waals surface area contributed by atoms with Crippen molar-refractivity contribution in [1.29, 1.82) is 0 Å². The maximum Gasteiger partial charge on any atom is 0.196 e. The Balaban J connectivity index is 2.41. The van der Waals surface area contributed by atoms with E-state index in [0.29, 0.717) is 11.6 Å². The molecule has 4 nitrogen and oxygen atoms in total. The zero-order chi connectivity index (χ0) is 9.10. The minimum absolute atomic E-state index is 0.636. The fourth-order valence-corrected chi connectivity index (χ4v) is 1.33. The van der Waals surface area contributed by atoms with Gasteiger partial charge in [0.25, 0.3) is 0 Å². The number of rotatable bonds is 2. The Hall–Kier alpha value is -1.36. The van der Waals surface area contributed by atoms with Gasteiger partial charge in [0.2, 0.25) is 0 Å². The van der Waals surface area contributed by atoms with Crippen LogP contribution in [0.15, 0.2) is 29.7 Å². The molecule has 0 aliphatic rings. The summed E-state index contributed by atoms with van der Waals surface area (Å²) >= 11 is 1.59. The third-order valence-electron chi connectivity index (χ3n) is 1.55. The minimum atomic E-state index is 0.636. The Morgan fingerprint density at radius 2 is 2.23 bits per heavy atom. The first-order valence-corrected chi connectivity index (χ1v) is 4.99. The van der Waals surface area contributed by atoms with Gasteiger partial charge < -0.3 is 4.98 Å². The second kappa shape index (κ2) is 3.57. The fourth-order valence-electron chi connectivity index (χ4n) is 0.957. The molecule has 66 valence electrons. The van der Waals surface area contributed by atoms with Crippen molar-refractivity contribution in [2.24, 2.45) is 0 Å². The van der Waals surface area contributed by atoms with Crippen LogP contribution in [0.2, 0.25) is 0 Å². The largest absolute Gasteiger partial charge is 0.342 e. The van der Waals surface area contributed by atoms with Gasteiger partial charge in [-0.25, -0.2) is 15.0 Å². The Bertz CT molecular complexity index is 385. The summed E-state index contributed by atoms with van der Waals surface area (Å²) in [7, 11) is 0. The number of nitrogens with zero attached hydrogens (tertiary/aromatic N) is 3. The first-order chi connectivity index (χ1) is 6.40. The van der Waals surface area contributed by atoms with Gasteiger partial charge in [0.15, 0.2) is 11.6 Å². The van der Waals surface area contributed by atoms with E-state index in [2.05, 4.69) is 19.9 Å². The molecule has 0 saturated heterocycles. The molecule has 0 aliphatic carbocycles. The lowest BCUT2D eigenvalue weighted by molar-refractivity contribution is 1.03. The Morgan fingerprint density at radius 1 is 1.31 bits per heavy atom. The van der Waals surface area contributed by atoms with Gasteiger partial charge in [-0.15, -0.1) is 11.8 Å². The van der Waals surface area contributed by atoms with Crippen molar-refractivity contribution in [3.8, 4) is 11.6 Å². The molecular weight excluding hydrogens is 184 g/mol. The lowest BCUT2D eigenvalue weighted by Gasteiger charge is -1.97. The summed E-state index contributed by atoms with van der Waals surface area (Å²) in [6, 6.07) is 1.87. The van der Waals surface area contributed by atoms with Crippen molar-refractivity contribution in [1.82, 2.24) is 19.9 Å². The molecule has 2 heterocycles. The molecule has 13 heavy (non-hydrogen) atoms. The Kier molecular flexibility index (Phi) is 2.27.